The molecule has 0 saturated carbocycles. The van der Waals surface area contributed by atoms with Crippen molar-refractivity contribution < 1.29 is 23.8 Å². The van der Waals surface area contributed by atoms with E-state index in [1.807, 2.05) is 30.3 Å². The van der Waals surface area contributed by atoms with E-state index in [9.17, 15) is 9.59 Å². The maximum atomic E-state index is 11.7. The summed E-state index contributed by atoms with van der Waals surface area (Å²) >= 11 is 0. The molecule has 2 unspecified atom stereocenters. The Balaban J connectivity index is 0.000000636. The Hall–Kier alpha value is -2.04. The van der Waals surface area contributed by atoms with Gasteiger partial charge < -0.3 is 14.2 Å². The Morgan fingerprint density at radius 3 is 2.15 bits per heavy atom. The van der Waals surface area contributed by atoms with E-state index in [1.54, 1.807) is 6.92 Å². The molecule has 5 nitrogen and oxygen atoms in total. The average molecular weight is 381 g/mol. The molecule has 1 rings (SSSR count). The Morgan fingerprint density at radius 2 is 1.63 bits per heavy atom. The molecule has 0 saturated heterocycles. The molecule has 1 aromatic rings. The van der Waals surface area contributed by atoms with E-state index >= 15 is 0 Å². The fourth-order valence-electron chi connectivity index (χ4n) is 2.18. The lowest BCUT2D eigenvalue weighted by molar-refractivity contribution is -0.152. The molecule has 0 aliphatic rings. The lowest BCUT2D eigenvalue weighted by Gasteiger charge is -2.16. The maximum Gasteiger partial charge on any atom is 0.347 e. The van der Waals surface area contributed by atoms with Crippen molar-refractivity contribution in [3.8, 4) is 5.75 Å². The second-order valence-corrected chi connectivity index (χ2v) is 7.11. The molecule has 0 aliphatic heterocycles. The number of benzene rings is 1. The van der Waals surface area contributed by atoms with Crippen LogP contribution in [0.5, 0.6) is 5.75 Å². The zero-order valence-electron chi connectivity index (χ0n) is 17.7. The van der Waals surface area contributed by atoms with Crippen LogP contribution in [0.25, 0.3) is 0 Å². The highest BCUT2D eigenvalue weighted by atomic mass is 16.6. The Morgan fingerprint density at radius 1 is 1.00 bits per heavy atom. The van der Waals surface area contributed by atoms with Crippen LogP contribution < -0.4 is 4.74 Å². The summed E-state index contributed by atoms with van der Waals surface area (Å²) in [5.74, 6) is 1.26. The number of esters is 2. The van der Waals surface area contributed by atoms with E-state index in [4.69, 9.17) is 9.47 Å². The van der Waals surface area contributed by atoms with Gasteiger partial charge in [-0.05, 0) is 43.7 Å². The molecule has 0 fully saturated rings. The number of carbonyl (C=O) groups excluding carboxylic acids is 2. The van der Waals surface area contributed by atoms with Crippen LogP contribution in [-0.4, -0.2) is 31.8 Å². The molecule has 0 radical (unpaired) electrons. The summed E-state index contributed by atoms with van der Waals surface area (Å²) in [7, 11) is 1.42. The monoisotopic (exact) mass is 380 g/mol. The highest BCUT2D eigenvalue weighted by molar-refractivity contribution is 5.74. The van der Waals surface area contributed by atoms with Gasteiger partial charge in [0.1, 0.15) is 5.75 Å². The predicted octanol–water partition coefficient (Wildman–Crippen LogP) is 5.03. The van der Waals surface area contributed by atoms with Crippen molar-refractivity contribution in [3.05, 3.63) is 30.3 Å². The zero-order valence-corrected chi connectivity index (χ0v) is 17.7. The quantitative estimate of drug-likeness (QED) is 0.533. The van der Waals surface area contributed by atoms with Crippen LogP contribution in [0.15, 0.2) is 30.3 Å². The van der Waals surface area contributed by atoms with Crippen molar-refractivity contribution in [2.75, 3.05) is 13.7 Å². The molecular formula is C22H36O5. The third-order valence-corrected chi connectivity index (χ3v) is 3.83. The Bertz CT molecular complexity index is 513. The largest absolute Gasteiger partial charge is 0.479 e. The number of rotatable bonds is 10. The third kappa shape index (κ3) is 13.8. The van der Waals surface area contributed by atoms with Gasteiger partial charge in [-0.2, -0.15) is 0 Å². The standard InChI is InChI=1S/C15H22O3.C7H14O2/c1-4-8-12(2)11-17-15(16)13(3)18-14-9-6-5-7-10-14;1-6(2)4-5-7(8)9-3/h5-7,9-10,12-13H,4,8,11H2,1-3H3;6H,4-5H2,1-3H3. The fraction of sp³-hybridized carbons (Fsp3) is 0.636. The number of hydrogen-bond acceptors (Lipinski definition) is 5. The fourth-order valence-corrected chi connectivity index (χ4v) is 2.18. The summed E-state index contributed by atoms with van der Waals surface area (Å²) in [6.07, 6.45) is 3.08. The molecule has 0 spiro atoms. The number of ether oxygens (including phenoxy) is 3. The summed E-state index contributed by atoms with van der Waals surface area (Å²) in [4.78, 5) is 22.2. The minimum atomic E-state index is -0.568. The van der Waals surface area contributed by atoms with Gasteiger partial charge in [-0.3, -0.25) is 4.79 Å². The molecule has 0 N–H and O–H groups in total. The van der Waals surface area contributed by atoms with Gasteiger partial charge in [-0.25, -0.2) is 4.79 Å². The molecule has 27 heavy (non-hydrogen) atoms. The van der Waals surface area contributed by atoms with Gasteiger partial charge in [-0.15, -0.1) is 0 Å². The van der Waals surface area contributed by atoms with Crippen LogP contribution in [-0.2, 0) is 19.1 Å². The normalized spacial score (nSPS) is 12.4. The van der Waals surface area contributed by atoms with Crippen LogP contribution >= 0.6 is 0 Å². The average Bonchev–Trinajstić information content (AvgIpc) is 2.65. The van der Waals surface area contributed by atoms with Crippen molar-refractivity contribution in [2.45, 2.75) is 66.4 Å². The van der Waals surface area contributed by atoms with Gasteiger partial charge in [0, 0.05) is 6.42 Å². The summed E-state index contributed by atoms with van der Waals surface area (Å²) in [6, 6.07) is 9.29. The van der Waals surface area contributed by atoms with Crippen LogP contribution in [0.4, 0.5) is 0 Å². The number of methoxy groups -OCH3 is 1. The maximum absolute atomic E-state index is 11.7. The summed E-state index contributed by atoms with van der Waals surface area (Å²) in [5, 5.41) is 0. The van der Waals surface area contributed by atoms with Gasteiger partial charge >= 0.3 is 11.9 Å². The summed E-state index contributed by atoms with van der Waals surface area (Å²) < 4.78 is 15.2. The first kappa shape index (κ1) is 25.0. The van der Waals surface area contributed by atoms with Gasteiger partial charge in [0.2, 0.25) is 0 Å². The van der Waals surface area contributed by atoms with Gasteiger partial charge in [0.25, 0.3) is 0 Å². The van der Waals surface area contributed by atoms with Gasteiger partial charge in [0.15, 0.2) is 6.10 Å². The second kappa shape index (κ2) is 15.1. The van der Waals surface area contributed by atoms with E-state index < -0.39 is 6.10 Å². The van der Waals surface area contributed by atoms with E-state index in [0.29, 0.717) is 30.6 Å². The number of para-hydroxylation sites is 1. The molecular weight excluding hydrogens is 344 g/mol. The first-order chi connectivity index (χ1) is 12.8. The van der Waals surface area contributed by atoms with Gasteiger partial charge in [-0.1, -0.05) is 52.3 Å². The van der Waals surface area contributed by atoms with Crippen LogP contribution in [0.3, 0.4) is 0 Å². The van der Waals surface area contributed by atoms with E-state index in [0.717, 1.165) is 19.3 Å². The van der Waals surface area contributed by atoms with Crippen molar-refractivity contribution in [1.82, 2.24) is 0 Å². The molecule has 154 valence electrons. The molecule has 1 aromatic carbocycles. The molecule has 0 bridgehead atoms. The van der Waals surface area contributed by atoms with Crippen molar-refractivity contribution >= 4 is 11.9 Å². The first-order valence-electron chi connectivity index (χ1n) is 9.75. The van der Waals surface area contributed by atoms with Gasteiger partial charge in [0.05, 0.1) is 13.7 Å². The molecule has 2 atom stereocenters. The van der Waals surface area contributed by atoms with E-state index in [-0.39, 0.29) is 11.9 Å². The first-order valence-corrected chi connectivity index (χ1v) is 9.75. The predicted molar refractivity (Wildman–Crippen MR) is 108 cm³/mol. The molecule has 0 heterocycles. The second-order valence-electron chi connectivity index (χ2n) is 7.11. The van der Waals surface area contributed by atoms with Crippen molar-refractivity contribution in [1.29, 1.82) is 0 Å². The SMILES string of the molecule is CCCC(C)COC(=O)C(C)Oc1ccccc1.COC(=O)CCC(C)C. The van der Waals surface area contributed by atoms with E-state index in [2.05, 4.69) is 32.4 Å². The lowest BCUT2D eigenvalue weighted by atomic mass is 10.1. The highest BCUT2D eigenvalue weighted by Gasteiger charge is 2.17. The van der Waals surface area contributed by atoms with Crippen LogP contribution in [0.1, 0.15) is 60.3 Å². The third-order valence-electron chi connectivity index (χ3n) is 3.83. The van der Waals surface area contributed by atoms with E-state index in [1.165, 1.54) is 7.11 Å². The van der Waals surface area contributed by atoms with Crippen molar-refractivity contribution in [3.63, 3.8) is 0 Å². The molecule has 0 amide bonds. The lowest BCUT2D eigenvalue weighted by Crippen LogP contribution is -2.27. The molecule has 0 aromatic heterocycles. The van der Waals surface area contributed by atoms with Crippen LogP contribution in [0, 0.1) is 11.8 Å². The van der Waals surface area contributed by atoms with Crippen molar-refractivity contribution in [2.24, 2.45) is 11.8 Å². The number of carbonyl (C=O) groups is 2. The van der Waals surface area contributed by atoms with Crippen LogP contribution in [0.2, 0.25) is 0 Å². The minimum absolute atomic E-state index is 0.108. The Kier molecular flexibility index (Phi) is 13.9. The summed E-state index contributed by atoms with van der Waals surface area (Å²) in [6.45, 7) is 10.6. The minimum Gasteiger partial charge on any atom is -0.479 e. The zero-order chi connectivity index (χ0) is 20.7. The molecule has 0 aliphatic carbocycles. The topological polar surface area (TPSA) is 61.8 Å². The number of hydrogen-bond donors (Lipinski definition) is 0. The Labute approximate surface area is 164 Å². The molecule has 5 heteroatoms. The summed E-state index contributed by atoms with van der Waals surface area (Å²) in [5.41, 5.74) is 0. The smallest absolute Gasteiger partial charge is 0.347 e. The highest BCUT2D eigenvalue weighted by Crippen LogP contribution is 2.12.